The first-order valence-electron chi connectivity index (χ1n) is 7.94. The Morgan fingerprint density at radius 2 is 2.20 bits per heavy atom. The molecule has 1 atom stereocenters. The summed E-state index contributed by atoms with van der Waals surface area (Å²) in [6, 6.07) is 0. The van der Waals surface area contributed by atoms with E-state index in [4.69, 9.17) is 0 Å². The summed E-state index contributed by atoms with van der Waals surface area (Å²) in [5.41, 5.74) is 1.21. The molecule has 0 aliphatic carbocycles. The highest BCUT2D eigenvalue weighted by atomic mass is 16.1. The van der Waals surface area contributed by atoms with Gasteiger partial charge in [-0.3, -0.25) is 4.79 Å². The number of rotatable bonds is 8. The molecule has 0 spiro atoms. The Morgan fingerprint density at radius 1 is 1.40 bits per heavy atom. The Bertz CT molecular complexity index is 366. The van der Waals surface area contributed by atoms with Crippen molar-refractivity contribution in [3.8, 4) is 0 Å². The van der Waals surface area contributed by atoms with Crippen LogP contribution >= 0.6 is 0 Å². The second kappa shape index (κ2) is 9.71. The summed E-state index contributed by atoms with van der Waals surface area (Å²) in [4.78, 5) is 14.6. The molecule has 1 aliphatic heterocycles. The molecule has 1 saturated heterocycles. The minimum atomic E-state index is 0.244. The highest BCUT2D eigenvalue weighted by Gasteiger charge is 2.23. The molecule has 0 radical (unpaired) electrons. The fourth-order valence-electron chi connectivity index (χ4n) is 2.71. The molecule has 0 bridgehead atoms. The Balaban J connectivity index is 2.40. The summed E-state index contributed by atoms with van der Waals surface area (Å²) >= 11 is 0. The molecule has 1 fully saturated rings. The molecule has 1 unspecified atom stereocenters. The van der Waals surface area contributed by atoms with Crippen molar-refractivity contribution in [1.82, 2.24) is 4.90 Å². The maximum atomic E-state index is 12.2. The van der Waals surface area contributed by atoms with E-state index in [1.54, 1.807) is 0 Å². The summed E-state index contributed by atoms with van der Waals surface area (Å²) in [6.07, 6.45) is 12.8. The first-order chi connectivity index (χ1) is 9.71. The van der Waals surface area contributed by atoms with Gasteiger partial charge in [-0.2, -0.15) is 0 Å². The molecule has 20 heavy (non-hydrogen) atoms. The van der Waals surface area contributed by atoms with Crippen molar-refractivity contribution in [3.63, 3.8) is 0 Å². The molecule has 1 heterocycles. The van der Waals surface area contributed by atoms with Gasteiger partial charge in [0.2, 0.25) is 0 Å². The monoisotopic (exact) mass is 275 g/mol. The van der Waals surface area contributed by atoms with Crippen LogP contribution in [0.15, 0.2) is 36.5 Å². The molecule has 0 saturated carbocycles. The highest BCUT2D eigenvalue weighted by molar-refractivity contribution is 5.82. The van der Waals surface area contributed by atoms with E-state index in [9.17, 15) is 4.79 Å². The minimum Gasteiger partial charge on any atom is -0.303 e. The lowest BCUT2D eigenvalue weighted by Gasteiger charge is -2.31. The van der Waals surface area contributed by atoms with Gasteiger partial charge in [0.15, 0.2) is 0 Å². The maximum Gasteiger partial charge on any atom is 0.141 e. The van der Waals surface area contributed by atoms with Crippen LogP contribution in [0.1, 0.15) is 46.0 Å². The van der Waals surface area contributed by atoms with Gasteiger partial charge in [0.05, 0.1) is 0 Å². The number of allylic oxidation sites excluding steroid dienone is 5. The number of piperidine rings is 1. The van der Waals surface area contributed by atoms with Crippen LogP contribution in [0.5, 0.6) is 0 Å². The van der Waals surface area contributed by atoms with Gasteiger partial charge in [-0.05, 0) is 44.3 Å². The van der Waals surface area contributed by atoms with Crippen molar-refractivity contribution in [3.05, 3.63) is 36.5 Å². The van der Waals surface area contributed by atoms with Crippen LogP contribution in [0.4, 0.5) is 0 Å². The summed E-state index contributed by atoms with van der Waals surface area (Å²) in [7, 11) is 0. The smallest absolute Gasteiger partial charge is 0.141 e. The van der Waals surface area contributed by atoms with Gasteiger partial charge in [-0.15, -0.1) is 0 Å². The van der Waals surface area contributed by atoms with Crippen molar-refractivity contribution < 1.29 is 4.79 Å². The number of nitrogens with zero attached hydrogens (tertiary/aromatic N) is 1. The molecule has 1 aliphatic rings. The zero-order valence-corrected chi connectivity index (χ0v) is 13.1. The van der Waals surface area contributed by atoms with E-state index in [1.807, 2.05) is 24.3 Å². The lowest BCUT2D eigenvalue weighted by atomic mass is 9.92. The minimum absolute atomic E-state index is 0.244. The largest absolute Gasteiger partial charge is 0.303 e. The van der Waals surface area contributed by atoms with E-state index in [0.29, 0.717) is 12.2 Å². The third kappa shape index (κ3) is 5.87. The second-order valence-corrected chi connectivity index (χ2v) is 5.54. The predicted molar refractivity (Wildman–Crippen MR) is 86.8 cm³/mol. The zero-order valence-electron chi connectivity index (χ0n) is 13.1. The van der Waals surface area contributed by atoms with Gasteiger partial charge in [-0.1, -0.05) is 44.7 Å². The lowest BCUT2D eigenvalue weighted by molar-refractivity contribution is -0.123. The number of carbonyl (C=O) groups excluding carboxylic acids is 1. The van der Waals surface area contributed by atoms with Crippen LogP contribution in [0.3, 0.4) is 0 Å². The average Bonchev–Trinajstić information content (AvgIpc) is 2.48. The zero-order chi connectivity index (χ0) is 14.8. The molecular weight excluding hydrogens is 246 g/mol. The second-order valence-electron chi connectivity index (χ2n) is 5.54. The van der Waals surface area contributed by atoms with Gasteiger partial charge in [0, 0.05) is 18.9 Å². The van der Waals surface area contributed by atoms with Crippen LogP contribution in [-0.2, 0) is 4.79 Å². The number of Topliss-reactive ketones (excluding diaryl/α,β-unsaturated/α-hetero) is 1. The molecule has 0 aromatic heterocycles. The molecule has 0 amide bonds. The fourth-order valence-corrected chi connectivity index (χ4v) is 2.71. The number of hydrogen-bond donors (Lipinski definition) is 0. The first kappa shape index (κ1) is 16.9. The van der Waals surface area contributed by atoms with Crippen LogP contribution in [0.25, 0.3) is 0 Å². The van der Waals surface area contributed by atoms with Crippen LogP contribution in [0, 0.1) is 5.92 Å². The van der Waals surface area contributed by atoms with E-state index < -0.39 is 0 Å². The third-order valence-corrected chi connectivity index (χ3v) is 3.94. The van der Waals surface area contributed by atoms with E-state index in [-0.39, 0.29) is 5.92 Å². The van der Waals surface area contributed by atoms with Crippen molar-refractivity contribution in [1.29, 1.82) is 0 Å². The average molecular weight is 275 g/mol. The summed E-state index contributed by atoms with van der Waals surface area (Å²) in [6.45, 7) is 11.3. The van der Waals surface area contributed by atoms with Crippen molar-refractivity contribution in [2.45, 2.75) is 46.0 Å². The van der Waals surface area contributed by atoms with Crippen molar-refractivity contribution >= 4 is 5.78 Å². The predicted octanol–water partition coefficient (Wildman–Crippen LogP) is 4.15. The summed E-state index contributed by atoms with van der Waals surface area (Å²) < 4.78 is 0. The summed E-state index contributed by atoms with van der Waals surface area (Å²) in [5.74, 6) is 0.640. The fraction of sp³-hybridized carbons (Fsp3) is 0.611. The van der Waals surface area contributed by atoms with Crippen LogP contribution in [0.2, 0.25) is 0 Å². The number of hydrogen-bond acceptors (Lipinski definition) is 2. The molecule has 112 valence electrons. The van der Waals surface area contributed by atoms with Gasteiger partial charge in [0.25, 0.3) is 0 Å². The van der Waals surface area contributed by atoms with Gasteiger partial charge in [-0.25, -0.2) is 0 Å². The topological polar surface area (TPSA) is 20.3 Å². The third-order valence-electron chi connectivity index (χ3n) is 3.94. The quantitative estimate of drug-likeness (QED) is 0.620. The molecule has 2 heteroatoms. The van der Waals surface area contributed by atoms with E-state index in [0.717, 1.165) is 38.9 Å². The molecule has 1 rings (SSSR count). The van der Waals surface area contributed by atoms with Gasteiger partial charge >= 0.3 is 0 Å². The maximum absolute atomic E-state index is 12.2. The van der Waals surface area contributed by atoms with E-state index in [1.165, 1.54) is 12.0 Å². The standard InChI is InChI=1S/C18H29NO/c1-4-13-19-14-9-11-17(15-19)18(20)12-8-7-10-16(5-2)6-3/h5,7-8,10,17H,2,4,6,9,11-15H2,1,3H3/b8-7-,16-10+. The first-order valence-corrected chi connectivity index (χ1v) is 7.94. The Labute approximate surface area is 124 Å². The Kier molecular flexibility index (Phi) is 8.20. The summed E-state index contributed by atoms with van der Waals surface area (Å²) in [5, 5.41) is 0. The van der Waals surface area contributed by atoms with Crippen molar-refractivity contribution in [2.75, 3.05) is 19.6 Å². The molecule has 0 aromatic rings. The number of likely N-dealkylation sites (tertiary alicyclic amines) is 1. The van der Waals surface area contributed by atoms with Crippen LogP contribution < -0.4 is 0 Å². The number of carbonyl (C=O) groups is 1. The Hall–Kier alpha value is -1.15. The highest BCUT2D eigenvalue weighted by Crippen LogP contribution is 2.19. The lowest BCUT2D eigenvalue weighted by Crippen LogP contribution is -2.38. The van der Waals surface area contributed by atoms with E-state index in [2.05, 4.69) is 25.3 Å². The van der Waals surface area contributed by atoms with Crippen molar-refractivity contribution in [2.24, 2.45) is 5.92 Å². The molecule has 2 nitrogen and oxygen atoms in total. The van der Waals surface area contributed by atoms with Gasteiger partial charge in [0.1, 0.15) is 5.78 Å². The molecule has 0 aromatic carbocycles. The molecule has 0 N–H and O–H groups in total. The van der Waals surface area contributed by atoms with Crippen LogP contribution in [-0.4, -0.2) is 30.3 Å². The number of ketones is 1. The van der Waals surface area contributed by atoms with E-state index >= 15 is 0 Å². The van der Waals surface area contributed by atoms with Gasteiger partial charge < -0.3 is 4.90 Å². The normalized spacial score (nSPS) is 21.3. The Morgan fingerprint density at radius 3 is 2.85 bits per heavy atom. The SMILES string of the molecule is C=C/C(=C\C=C/CC(=O)C1CCCN(CCC)C1)CC. The molecular formula is C18H29NO.